The molecule has 1 N–H and O–H groups in total. The summed E-state index contributed by atoms with van der Waals surface area (Å²) in [6.45, 7) is 1.74. The molecule has 1 atom stereocenters. The molecule has 0 bridgehead atoms. The molecule has 1 aliphatic rings. The van der Waals surface area contributed by atoms with E-state index < -0.39 is 0 Å². The Balaban J connectivity index is 1.54. The van der Waals surface area contributed by atoms with Crippen LogP contribution in [0.4, 0.5) is 0 Å². The maximum atomic E-state index is 9.31. The van der Waals surface area contributed by atoms with Crippen LogP contribution in [0.25, 0.3) is 5.69 Å². The summed E-state index contributed by atoms with van der Waals surface area (Å²) < 4.78 is 1.82. The van der Waals surface area contributed by atoms with E-state index >= 15 is 0 Å². The number of aliphatic hydroxyl groups is 1. The van der Waals surface area contributed by atoms with Crippen molar-refractivity contribution in [2.75, 3.05) is 13.2 Å². The first kappa shape index (κ1) is 16.9. The van der Waals surface area contributed by atoms with Crippen molar-refractivity contribution in [3.05, 3.63) is 77.9 Å². The Kier molecular flexibility index (Phi) is 5.09. The maximum Gasteiger partial charge on any atom is 0.165 e. The van der Waals surface area contributed by atoms with Gasteiger partial charge in [-0.05, 0) is 42.5 Å². The molecule has 3 aromatic rings. The Morgan fingerprint density at radius 2 is 1.88 bits per heavy atom. The van der Waals surface area contributed by atoms with Gasteiger partial charge in [-0.2, -0.15) is 0 Å². The average Bonchev–Trinajstić information content (AvgIpc) is 3.33. The second kappa shape index (κ2) is 7.81. The van der Waals surface area contributed by atoms with Gasteiger partial charge in [-0.15, -0.1) is 5.10 Å². The molecule has 1 heterocycles. The number of rotatable bonds is 7. The van der Waals surface area contributed by atoms with Crippen molar-refractivity contribution in [1.82, 2.24) is 19.7 Å². The van der Waals surface area contributed by atoms with E-state index in [1.54, 1.807) is 6.33 Å². The predicted molar refractivity (Wildman–Crippen MR) is 101 cm³/mol. The number of aryl methyl sites for hydroxylation is 1. The summed E-state index contributed by atoms with van der Waals surface area (Å²) in [6.07, 6.45) is 4.77. The van der Waals surface area contributed by atoms with Gasteiger partial charge < -0.3 is 5.11 Å². The summed E-state index contributed by atoms with van der Waals surface area (Å²) in [6, 6.07) is 19.1. The molecule has 0 fully saturated rings. The lowest BCUT2D eigenvalue weighted by Crippen LogP contribution is -2.29. The molecule has 1 aromatic heterocycles. The zero-order valence-corrected chi connectivity index (χ0v) is 14.8. The fourth-order valence-electron chi connectivity index (χ4n) is 3.79. The van der Waals surface area contributed by atoms with E-state index in [4.69, 9.17) is 0 Å². The van der Waals surface area contributed by atoms with Gasteiger partial charge in [-0.1, -0.05) is 42.5 Å². The van der Waals surface area contributed by atoms with Crippen molar-refractivity contribution in [2.45, 2.75) is 31.8 Å². The third-order valence-corrected chi connectivity index (χ3v) is 5.05. The Bertz CT molecular complexity index is 846. The van der Waals surface area contributed by atoms with Crippen LogP contribution in [-0.2, 0) is 13.0 Å². The van der Waals surface area contributed by atoms with Crippen LogP contribution in [0.15, 0.2) is 60.9 Å². The molecule has 0 radical (unpaired) electrons. The average molecular weight is 348 g/mol. The molecule has 134 valence electrons. The topological polar surface area (TPSA) is 54.2 Å². The Labute approximate surface area is 153 Å². The van der Waals surface area contributed by atoms with E-state index in [2.05, 4.69) is 39.2 Å². The number of fused-ring (bicyclic) bond motifs is 1. The standard InChI is InChI=1S/C21H24N4O/c26-14-6-13-24(20-12-11-17-7-4-5-10-19(17)20)15-21-22-16-25(23-21)18-8-2-1-3-9-18/h1-5,7-10,16,20,26H,6,11-15H2. The molecular formula is C21H24N4O. The highest BCUT2D eigenvalue weighted by Gasteiger charge is 2.28. The van der Waals surface area contributed by atoms with Gasteiger partial charge in [-0.3, -0.25) is 4.90 Å². The molecule has 0 spiro atoms. The van der Waals surface area contributed by atoms with Crippen LogP contribution in [0.1, 0.15) is 35.8 Å². The van der Waals surface area contributed by atoms with E-state index in [1.807, 2.05) is 35.0 Å². The van der Waals surface area contributed by atoms with Crippen molar-refractivity contribution in [3.8, 4) is 5.69 Å². The van der Waals surface area contributed by atoms with Crippen LogP contribution in [0, 0.1) is 0 Å². The van der Waals surface area contributed by atoms with Crippen LogP contribution in [0.2, 0.25) is 0 Å². The van der Waals surface area contributed by atoms with E-state index in [0.717, 1.165) is 37.3 Å². The highest BCUT2D eigenvalue weighted by Crippen LogP contribution is 2.36. The Morgan fingerprint density at radius 3 is 2.73 bits per heavy atom. The van der Waals surface area contributed by atoms with Crippen molar-refractivity contribution in [2.24, 2.45) is 0 Å². The summed E-state index contributed by atoms with van der Waals surface area (Å²) in [4.78, 5) is 6.92. The van der Waals surface area contributed by atoms with Gasteiger partial charge in [0, 0.05) is 19.2 Å². The van der Waals surface area contributed by atoms with Gasteiger partial charge in [0.1, 0.15) is 6.33 Å². The molecule has 5 nitrogen and oxygen atoms in total. The number of benzene rings is 2. The van der Waals surface area contributed by atoms with E-state index in [0.29, 0.717) is 12.6 Å². The number of para-hydroxylation sites is 1. The van der Waals surface area contributed by atoms with Crippen LogP contribution in [0.3, 0.4) is 0 Å². The fourth-order valence-corrected chi connectivity index (χ4v) is 3.79. The van der Waals surface area contributed by atoms with Crippen molar-refractivity contribution in [3.63, 3.8) is 0 Å². The first-order valence-electron chi connectivity index (χ1n) is 9.24. The summed E-state index contributed by atoms with van der Waals surface area (Å²) in [5.74, 6) is 0.816. The number of hydrogen-bond acceptors (Lipinski definition) is 4. The summed E-state index contributed by atoms with van der Waals surface area (Å²) >= 11 is 0. The third-order valence-electron chi connectivity index (χ3n) is 5.05. The predicted octanol–water partition coefficient (Wildman–Crippen LogP) is 3.14. The Hall–Kier alpha value is -2.50. The number of aromatic nitrogens is 3. The van der Waals surface area contributed by atoms with Gasteiger partial charge in [0.25, 0.3) is 0 Å². The van der Waals surface area contributed by atoms with Gasteiger partial charge in [0.15, 0.2) is 5.82 Å². The van der Waals surface area contributed by atoms with Gasteiger partial charge in [0.05, 0.1) is 12.2 Å². The zero-order valence-electron chi connectivity index (χ0n) is 14.8. The van der Waals surface area contributed by atoms with E-state index in [-0.39, 0.29) is 6.61 Å². The monoisotopic (exact) mass is 348 g/mol. The highest BCUT2D eigenvalue weighted by molar-refractivity contribution is 5.34. The largest absolute Gasteiger partial charge is 0.396 e. The molecule has 1 unspecified atom stereocenters. The molecule has 5 heteroatoms. The molecule has 2 aromatic carbocycles. The minimum Gasteiger partial charge on any atom is -0.396 e. The summed E-state index contributed by atoms with van der Waals surface area (Å²) in [7, 11) is 0. The molecule has 0 amide bonds. The second-order valence-corrected chi connectivity index (χ2v) is 6.74. The summed E-state index contributed by atoms with van der Waals surface area (Å²) in [5, 5.41) is 14.0. The highest BCUT2D eigenvalue weighted by atomic mass is 16.3. The first-order valence-corrected chi connectivity index (χ1v) is 9.24. The fraction of sp³-hybridized carbons (Fsp3) is 0.333. The first-order chi connectivity index (χ1) is 12.8. The normalized spacial score (nSPS) is 16.2. The number of nitrogens with zero attached hydrogens (tertiary/aromatic N) is 4. The third kappa shape index (κ3) is 3.54. The Morgan fingerprint density at radius 1 is 1.08 bits per heavy atom. The van der Waals surface area contributed by atoms with Crippen molar-refractivity contribution < 1.29 is 5.11 Å². The molecule has 1 aliphatic carbocycles. The van der Waals surface area contributed by atoms with Crippen molar-refractivity contribution in [1.29, 1.82) is 0 Å². The van der Waals surface area contributed by atoms with Crippen LogP contribution in [-0.4, -0.2) is 37.9 Å². The second-order valence-electron chi connectivity index (χ2n) is 6.74. The molecular weight excluding hydrogens is 324 g/mol. The van der Waals surface area contributed by atoms with Crippen LogP contribution in [0.5, 0.6) is 0 Å². The zero-order chi connectivity index (χ0) is 17.8. The molecule has 0 aliphatic heterocycles. The molecule has 0 saturated carbocycles. The SMILES string of the molecule is OCCCN(Cc1ncn(-c2ccccc2)n1)C1CCc2ccccc21. The van der Waals surface area contributed by atoms with Gasteiger partial charge in [0.2, 0.25) is 0 Å². The van der Waals surface area contributed by atoms with E-state index in [9.17, 15) is 5.11 Å². The lowest BCUT2D eigenvalue weighted by molar-refractivity contribution is 0.162. The van der Waals surface area contributed by atoms with Gasteiger partial charge in [-0.25, -0.2) is 9.67 Å². The minimum atomic E-state index is 0.205. The summed E-state index contributed by atoms with van der Waals surface area (Å²) in [5.41, 5.74) is 3.86. The number of hydrogen-bond donors (Lipinski definition) is 1. The lowest BCUT2D eigenvalue weighted by Gasteiger charge is -2.28. The van der Waals surface area contributed by atoms with Crippen LogP contribution >= 0.6 is 0 Å². The number of aliphatic hydroxyl groups excluding tert-OH is 1. The van der Waals surface area contributed by atoms with Crippen LogP contribution < -0.4 is 0 Å². The van der Waals surface area contributed by atoms with E-state index in [1.165, 1.54) is 11.1 Å². The molecule has 4 rings (SSSR count). The molecule has 26 heavy (non-hydrogen) atoms. The lowest BCUT2D eigenvalue weighted by atomic mass is 10.1. The minimum absolute atomic E-state index is 0.205. The van der Waals surface area contributed by atoms with Crippen molar-refractivity contribution >= 4 is 0 Å². The smallest absolute Gasteiger partial charge is 0.165 e. The quantitative estimate of drug-likeness (QED) is 0.713. The van der Waals surface area contributed by atoms with Gasteiger partial charge >= 0.3 is 0 Å². The maximum absolute atomic E-state index is 9.31. The molecule has 0 saturated heterocycles.